The number of nitrogens with two attached hydrogens (primary N) is 1. The van der Waals surface area contributed by atoms with Crippen LogP contribution < -0.4 is 5.73 Å². The lowest BCUT2D eigenvalue weighted by Crippen LogP contribution is -2.30. The maximum Gasteiger partial charge on any atom is 0.216 e. The lowest BCUT2D eigenvalue weighted by atomic mass is 10.0. The van der Waals surface area contributed by atoms with Crippen molar-refractivity contribution in [2.75, 3.05) is 0 Å². The summed E-state index contributed by atoms with van der Waals surface area (Å²) in [5.41, 5.74) is 7.08. The van der Waals surface area contributed by atoms with Gasteiger partial charge in [0.1, 0.15) is 11.2 Å². The van der Waals surface area contributed by atoms with Gasteiger partial charge in [-0.15, -0.1) is 0 Å². The molecular weight excluding hydrogens is 338 g/mol. The number of hydrogen-bond donors (Lipinski definition) is 1. The van der Waals surface area contributed by atoms with E-state index in [0.717, 1.165) is 22.5 Å². The fourth-order valence-electron chi connectivity index (χ4n) is 3.21. The molecule has 138 valence electrons. The molecular formula is C22H23N3O2. The van der Waals surface area contributed by atoms with Crippen molar-refractivity contribution in [1.82, 2.24) is 0 Å². The molecule has 4 rings (SSSR count). The van der Waals surface area contributed by atoms with Crippen molar-refractivity contribution < 1.29 is 9.47 Å². The number of hydrogen-bond acceptors (Lipinski definition) is 5. The van der Waals surface area contributed by atoms with Gasteiger partial charge in [0.05, 0.1) is 17.1 Å². The van der Waals surface area contributed by atoms with Crippen LogP contribution in [0.3, 0.4) is 0 Å². The summed E-state index contributed by atoms with van der Waals surface area (Å²) in [5.74, 6) is 0.874. The molecule has 2 aliphatic heterocycles. The van der Waals surface area contributed by atoms with Gasteiger partial charge < -0.3 is 15.2 Å². The molecule has 0 saturated heterocycles. The summed E-state index contributed by atoms with van der Waals surface area (Å²) in [4.78, 5) is 9.42. The van der Waals surface area contributed by atoms with E-state index in [1.54, 1.807) is 6.08 Å². The number of aliphatic imine (C=N–C) groups is 2. The number of ether oxygens (including phenoxy) is 2. The second-order valence-electron chi connectivity index (χ2n) is 7.78. The third kappa shape index (κ3) is 3.33. The molecule has 2 aromatic carbocycles. The van der Waals surface area contributed by atoms with Crippen LogP contribution in [0.25, 0.3) is 10.8 Å². The number of nitrogens with zero attached hydrogens (tertiary/aromatic N) is 2. The van der Waals surface area contributed by atoms with Crippen LogP contribution >= 0.6 is 0 Å². The smallest absolute Gasteiger partial charge is 0.216 e. The summed E-state index contributed by atoms with van der Waals surface area (Å²) in [5, 5.41) is 2.35. The molecule has 2 heterocycles. The molecule has 27 heavy (non-hydrogen) atoms. The highest BCUT2D eigenvalue weighted by Gasteiger charge is 2.36. The summed E-state index contributed by atoms with van der Waals surface area (Å²) >= 11 is 0. The lowest BCUT2D eigenvalue weighted by molar-refractivity contribution is 0.0999. The summed E-state index contributed by atoms with van der Waals surface area (Å²) in [6.45, 7) is 7.81. The van der Waals surface area contributed by atoms with Crippen LogP contribution in [-0.2, 0) is 9.47 Å². The molecule has 0 atom stereocenters. The van der Waals surface area contributed by atoms with Gasteiger partial charge in [-0.1, -0.05) is 30.3 Å². The van der Waals surface area contributed by atoms with E-state index < -0.39 is 11.2 Å². The van der Waals surface area contributed by atoms with Crippen molar-refractivity contribution in [1.29, 1.82) is 0 Å². The first-order chi connectivity index (χ1) is 12.7. The van der Waals surface area contributed by atoms with E-state index in [1.165, 1.54) is 5.39 Å². The van der Waals surface area contributed by atoms with Crippen molar-refractivity contribution in [2.45, 2.75) is 38.9 Å². The zero-order valence-corrected chi connectivity index (χ0v) is 16.0. The van der Waals surface area contributed by atoms with Gasteiger partial charge in [0.15, 0.2) is 5.88 Å². The topological polar surface area (TPSA) is 69.2 Å². The highest BCUT2D eigenvalue weighted by molar-refractivity contribution is 6.07. The molecule has 0 amide bonds. The van der Waals surface area contributed by atoms with E-state index in [0.29, 0.717) is 11.8 Å². The molecule has 0 spiro atoms. The van der Waals surface area contributed by atoms with Gasteiger partial charge in [-0.25, -0.2) is 9.98 Å². The Balaban J connectivity index is 1.70. The molecule has 0 aliphatic carbocycles. The standard InChI is InChI=1S/C22H23N3O2/c1-21(2)17(12-19(23)26-21)25-20-13-18(22(3,4)27-20)24-16-10-9-14-7-5-6-8-15(14)11-16/h5-13H,23H2,1-4H3/b24-18?,25-17-. The van der Waals surface area contributed by atoms with E-state index in [4.69, 9.17) is 20.2 Å². The predicted molar refractivity (Wildman–Crippen MR) is 109 cm³/mol. The van der Waals surface area contributed by atoms with Gasteiger partial charge in [0, 0.05) is 12.2 Å². The van der Waals surface area contributed by atoms with Crippen molar-refractivity contribution in [3.8, 4) is 0 Å². The minimum atomic E-state index is -0.573. The third-order valence-corrected chi connectivity index (χ3v) is 4.72. The summed E-state index contributed by atoms with van der Waals surface area (Å²) in [6, 6.07) is 14.4. The Labute approximate surface area is 158 Å². The van der Waals surface area contributed by atoms with E-state index >= 15 is 0 Å². The SMILES string of the molecule is CC1(C)OC(/N=C2/C=C(N)OC2(C)C)=CC1=Nc1ccc2ccccc2c1. The minimum absolute atomic E-state index is 0.363. The third-order valence-electron chi connectivity index (χ3n) is 4.72. The Morgan fingerprint density at radius 1 is 0.778 bits per heavy atom. The average molecular weight is 361 g/mol. The predicted octanol–water partition coefficient (Wildman–Crippen LogP) is 4.61. The summed E-state index contributed by atoms with van der Waals surface area (Å²) in [6.07, 6.45) is 3.61. The quantitative estimate of drug-likeness (QED) is 0.849. The maximum atomic E-state index is 6.03. The van der Waals surface area contributed by atoms with Crippen LogP contribution in [0.2, 0.25) is 0 Å². The van der Waals surface area contributed by atoms with Gasteiger partial charge >= 0.3 is 0 Å². The number of benzene rings is 2. The fraction of sp³-hybridized carbons (Fsp3) is 0.273. The van der Waals surface area contributed by atoms with E-state index in [9.17, 15) is 0 Å². The van der Waals surface area contributed by atoms with Crippen molar-refractivity contribution >= 4 is 27.9 Å². The zero-order valence-electron chi connectivity index (χ0n) is 16.0. The molecule has 5 heteroatoms. The highest BCUT2D eigenvalue weighted by Crippen LogP contribution is 2.31. The minimum Gasteiger partial charge on any atom is -0.467 e. The van der Waals surface area contributed by atoms with E-state index in [2.05, 4.69) is 29.3 Å². The fourth-order valence-corrected chi connectivity index (χ4v) is 3.21. The van der Waals surface area contributed by atoms with Crippen LogP contribution in [0.5, 0.6) is 0 Å². The van der Waals surface area contributed by atoms with Gasteiger partial charge in [0.25, 0.3) is 0 Å². The van der Waals surface area contributed by atoms with Gasteiger partial charge in [-0.2, -0.15) is 0 Å². The number of fused-ring (bicyclic) bond motifs is 1. The van der Waals surface area contributed by atoms with Gasteiger partial charge in [-0.3, -0.25) is 0 Å². The molecule has 0 radical (unpaired) electrons. The molecule has 0 fully saturated rings. The molecule has 2 aliphatic rings. The Morgan fingerprint density at radius 2 is 1.44 bits per heavy atom. The molecule has 0 aromatic heterocycles. The normalized spacial score (nSPS) is 23.3. The molecule has 2 aromatic rings. The first kappa shape index (κ1) is 17.3. The molecule has 0 bridgehead atoms. The van der Waals surface area contributed by atoms with Crippen molar-refractivity contribution in [3.05, 3.63) is 66.4 Å². The first-order valence-corrected chi connectivity index (χ1v) is 8.97. The van der Waals surface area contributed by atoms with E-state index in [-0.39, 0.29) is 0 Å². The van der Waals surface area contributed by atoms with Gasteiger partial charge in [0.2, 0.25) is 5.88 Å². The van der Waals surface area contributed by atoms with Gasteiger partial charge in [-0.05, 0) is 50.6 Å². The van der Waals surface area contributed by atoms with Crippen LogP contribution in [0, 0.1) is 0 Å². The zero-order chi connectivity index (χ0) is 19.2. The van der Waals surface area contributed by atoms with Crippen LogP contribution in [0.15, 0.2) is 76.4 Å². The van der Waals surface area contributed by atoms with Crippen LogP contribution in [0.1, 0.15) is 27.7 Å². The summed E-state index contributed by atoms with van der Waals surface area (Å²) < 4.78 is 11.6. The van der Waals surface area contributed by atoms with E-state index in [1.807, 2.05) is 52.0 Å². The first-order valence-electron chi connectivity index (χ1n) is 8.97. The highest BCUT2D eigenvalue weighted by atomic mass is 16.5. The Hall–Kier alpha value is -3.08. The second kappa shape index (κ2) is 5.98. The van der Waals surface area contributed by atoms with Crippen LogP contribution in [-0.4, -0.2) is 22.6 Å². The average Bonchev–Trinajstić information content (AvgIpc) is 3.01. The molecule has 2 N–H and O–H groups in total. The molecule has 0 saturated carbocycles. The summed E-state index contributed by atoms with van der Waals surface area (Å²) in [7, 11) is 0. The second-order valence-corrected chi connectivity index (χ2v) is 7.78. The number of rotatable bonds is 2. The Morgan fingerprint density at radius 3 is 2.15 bits per heavy atom. The lowest BCUT2D eigenvalue weighted by Gasteiger charge is -2.21. The Kier molecular flexibility index (Phi) is 3.84. The largest absolute Gasteiger partial charge is 0.467 e. The monoisotopic (exact) mass is 361 g/mol. The maximum absolute atomic E-state index is 6.03. The Bertz CT molecular complexity index is 1040. The van der Waals surface area contributed by atoms with Crippen molar-refractivity contribution in [3.63, 3.8) is 0 Å². The molecule has 5 nitrogen and oxygen atoms in total. The van der Waals surface area contributed by atoms with Crippen LogP contribution in [0.4, 0.5) is 5.69 Å². The molecule has 0 unspecified atom stereocenters. The van der Waals surface area contributed by atoms with Crippen molar-refractivity contribution in [2.24, 2.45) is 15.7 Å².